The van der Waals surface area contributed by atoms with Crippen LogP contribution < -0.4 is 5.32 Å². The second-order valence-electron chi connectivity index (χ2n) is 5.39. The van der Waals surface area contributed by atoms with Crippen molar-refractivity contribution in [2.24, 2.45) is 0 Å². The van der Waals surface area contributed by atoms with Crippen LogP contribution in [0.1, 0.15) is 10.5 Å². The van der Waals surface area contributed by atoms with Gasteiger partial charge in [-0.3, -0.25) is 4.18 Å². The van der Waals surface area contributed by atoms with E-state index >= 15 is 0 Å². The van der Waals surface area contributed by atoms with Crippen LogP contribution >= 0.6 is 0 Å². The highest BCUT2D eigenvalue weighted by molar-refractivity contribution is 7.85. The number of ether oxygens (including phenoxy) is 2. The van der Waals surface area contributed by atoms with Crippen molar-refractivity contribution < 1.29 is 26.9 Å². The third kappa shape index (κ3) is 7.29. The lowest BCUT2D eigenvalue weighted by atomic mass is 10.1. The van der Waals surface area contributed by atoms with Gasteiger partial charge < -0.3 is 14.8 Å². The first-order valence-corrected chi connectivity index (χ1v) is 9.88. The summed E-state index contributed by atoms with van der Waals surface area (Å²) in [7, 11) is -2.14. The Bertz CT molecular complexity index is 872. The minimum Gasteiger partial charge on any atom is -0.464 e. The quantitative estimate of drug-likeness (QED) is 0.361. The Balaban J connectivity index is 1.86. The molecule has 146 valence electrons. The molecule has 10 heteroatoms. The first-order valence-electron chi connectivity index (χ1n) is 8.07. The fourth-order valence-corrected chi connectivity index (χ4v) is 2.47. The molecule has 0 fully saturated rings. The predicted molar refractivity (Wildman–Crippen MR) is 98.9 cm³/mol. The second kappa shape index (κ2) is 9.95. The van der Waals surface area contributed by atoms with Gasteiger partial charge in [0.15, 0.2) is 0 Å². The molecule has 9 nitrogen and oxygen atoms in total. The van der Waals surface area contributed by atoms with Gasteiger partial charge in [0.1, 0.15) is 11.5 Å². The number of carbonyl (C=O) groups is 1. The van der Waals surface area contributed by atoms with Crippen molar-refractivity contribution in [1.82, 2.24) is 9.97 Å². The number of rotatable bonds is 10. The van der Waals surface area contributed by atoms with Crippen LogP contribution in [0.15, 0.2) is 36.5 Å². The molecule has 0 atom stereocenters. The molecular formula is C17H21N3O6S. The van der Waals surface area contributed by atoms with E-state index in [2.05, 4.69) is 24.2 Å². The van der Waals surface area contributed by atoms with Crippen molar-refractivity contribution in [3.8, 4) is 11.3 Å². The zero-order valence-electron chi connectivity index (χ0n) is 15.0. The number of hydrogen-bond donors (Lipinski definition) is 1. The molecule has 0 aliphatic heterocycles. The van der Waals surface area contributed by atoms with Gasteiger partial charge in [-0.2, -0.15) is 8.42 Å². The number of anilines is 1. The highest BCUT2D eigenvalue weighted by Gasteiger charge is 2.09. The van der Waals surface area contributed by atoms with E-state index in [1.54, 1.807) is 36.5 Å². The molecule has 0 radical (unpaired) electrons. The average Bonchev–Trinajstić information content (AvgIpc) is 2.66. The molecule has 2 heterocycles. The van der Waals surface area contributed by atoms with Gasteiger partial charge >= 0.3 is 5.97 Å². The lowest BCUT2D eigenvalue weighted by Crippen LogP contribution is -2.14. The summed E-state index contributed by atoms with van der Waals surface area (Å²) in [6.07, 6.45) is 2.62. The summed E-state index contributed by atoms with van der Waals surface area (Å²) in [5.41, 5.74) is 1.64. The topological polar surface area (TPSA) is 117 Å². The van der Waals surface area contributed by atoms with E-state index < -0.39 is 16.1 Å². The Kier molecular flexibility index (Phi) is 7.65. The fourth-order valence-electron chi connectivity index (χ4n) is 2.10. The molecule has 0 unspecified atom stereocenters. The number of pyridine rings is 2. The molecule has 0 aromatic carbocycles. The fraction of sp³-hybridized carbons (Fsp3) is 0.353. The molecule has 0 aliphatic carbocycles. The number of esters is 1. The maximum absolute atomic E-state index is 11.6. The first-order chi connectivity index (χ1) is 12.9. The summed E-state index contributed by atoms with van der Waals surface area (Å²) in [4.78, 5) is 20.1. The molecule has 0 aliphatic rings. The molecule has 1 N–H and O–H groups in total. The molecule has 2 aromatic heterocycles. The first kappa shape index (κ1) is 20.7. The van der Waals surface area contributed by atoms with Crippen LogP contribution in [0.5, 0.6) is 0 Å². The van der Waals surface area contributed by atoms with Gasteiger partial charge in [-0.05, 0) is 24.3 Å². The molecule has 0 saturated heterocycles. The van der Waals surface area contributed by atoms with Crippen LogP contribution in [0.3, 0.4) is 0 Å². The molecular weight excluding hydrogens is 374 g/mol. The maximum Gasteiger partial charge on any atom is 0.356 e. The zero-order valence-corrected chi connectivity index (χ0v) is 15.9. The Hall–Kier alpha value is -2.56. The number of hydrogen-bond acceptors (Lipinski definition) is 9. The molecule has 0 spiro atoms. The van der Waals surface area contributed by atoms with E-state index in [1.807, 2.05) is 0 Å². The van der Waals surface area contributed by atoms with Crippen LogP contribution in [-0.4, -0.2) is 64.1 Å². The van der Waals surface area contributed by atoms with Crippen molar-refractivity contribution >= 4 is 21.9 Å². The Morgan fingerprint density at radius 2 is 2.00 bits per heavy atom. The summed E-state index contributed by atoms with van der Waals surface area (Å²) in [5.74, 6) is 0.120. The van der Waals surface area contributed by atoms with Gasteiger partial charge in [0, 0.05) is 18.3 Å². The van der Waals surface area contributed by atoms with Crippen LogP contribution in [0.25, 0.3) is 11.3 Å². The van der Waals surface area contributed by atoms with Crippen LogP contribution in [0.4, 0.5) is 5.82 Å². The standard InChI is InChI=1S/C17H21N3O6S/c1-24-17(21)15-5-3-4-14(20-15)13-6-7-18-16(12-13)19-8-9-25-10-11-26-27(2,22)23/h3-7,12H,8-11H2,1-2H3,(H,18,19). The predicted octanol–water partition coefficient (Wildman–Crippen LogP) is 1.33. The minimum absolute atomic E-state index is 0.0191. The minimum atomic E-state index is -3.44. The van der Waals surface area contributed by atoms with Gasteiger partial charge in [-0.25, -0.2) is 14.8 Å². The summed E-state index contributed by atoms with van der Waals surface area (Å²) in [6, 6.07) is 8.69. The van der Waals surface area contributed by atoms with E-state index in [1.165, 1.54) is 7.11 Å². The van der Waals surface area contributed by atoms with Gasteiger partial charge in [-0.15, -0.1) is 0 Å². The number of methoxy groups -OCH3 is 1. The van der Waals surface area contributed by atoms with E-state index in [9.17, 15) is 13.2 Å². The largest absolute Gasteiger partial charge is 0.464 e. The van der Waals surface area contributed by atoms with E-state index in [4.69, 9.17) is 4.74 Å². The van der Waals surface area contributed by atoms with Crippen molar-refractivity contribution in [3.63, 3.8) is 0 Å². The summed E-state index contributed by atoms with van der Waals surface area (Å²) < 4.78 is 36.1. The SMILES string of the molecule is COC(=O)c1cccc(-c2ccnc(NCCOCCOS(C)(=O)=O)c2)n1. The Morgan fingerprint density at radius 1 is 1.19 bits per heavy atom. The smallest absolute Gasteiger partial charge is 0.356 e. The molecule has 2 aromatic rings. The lowest BCUT2D eigenvalue weighted by molar-refractivity contribution is 0.0594. The normalized spacial score (nSPS) is 11.2. The second-order valence-corrected chi connectivity index (χ2v) is 7.04. The maximum atomic E-state index is 11.6. The van der Waals surface area contributed by atoms with E-state index in [0.717, 1.165) is 11.8 Å². The van der Waals surface area contributed by atoms with Gasteiger partial charge in [-0.1, -0.05) is 6.07 Å². The third-order valence-electron chi connectivity index (χ3n) is 3.28. The molecule has 2 rings (SSSR count). The number of nitrogens with zero attached hydrogens (tertiary/aromatic N) is 2. The van der Waals surface area contributed by atoms with Crippen molar-refractivity contribution in [2.75, 3.05) is 45.0 Å². The average molecular weight is 395 g/mol. The van der Waals surface area contributed by atoms with E-state index in [0.29, 0.717) is 24.7 Å². The molecule has 0 amide bonds. The summed E-state index contributed by atoms with van der Waals surface area (Å²) >= 11 is 0. The van der Waals surface area contributed by atoms with Gasteiger partial charge in [0.2, 0.25) is 0 Å². The van der Waals surface area contributed by atoms with Crippen molar-refractivity contribution in [3.05, 3.63) is 42.2 Å². The van der Waals surface area contributed by atoms with Gasteiger partial charge in [0.05, 0.1) is 38.9 Å². The lowest BCUT2D eigenvalue weighted by Gasteiger charge is -2.08. The Morgan fingerprint density at radius 3 is 2.74 bits per heavy atom. The van der Waals surface area contributed by atoms with Crippen LogP contribution in [-0.2, 0) is 23.8 Å². The van der Waals surface area contributed by atoms with Crippen molar-refractivity contribution in [1.29, 1.82) is 0 Å². The number of carbonyl (C=O) groups excluding carboxylic acids is 1. The van der Waals surface area contributed by atoms with E-state index in [-0.39, 0.29) is 18.9 Å². The molecule has 0 bridgehead atoms. The summed E-state index contributed by atoms with van der Waals surface area (Å²) in [5, 5.41) is 3.10. The highest BCUT2D eigenvalue weighted by Crippen LogP contribution is 2.19. The Labute approximate surface area is 157 Å². The van der Waals surface area contributed by atoms with Gasteiger partial charge in [0.25, 0.3) is 10.1 Å². The highest BCUT2D eigenvalue weighted by atomic mass is 32.2. The molecule has 0 saturated carbocycles. The van der Waals surface area contributed by atoms with Crippen LogP contribution in [0.2, 0.25) is 0 Å². The third-order valence-corrected chi connectivity index (χ3v) is 3.87. The monoisotopic (exact) mass is 395 g/mol. The zero-order chi connectivity index (χ0) is 19.7. The summed E-state index contributed by atoms with van der Waals surface area (Å²) in [6.45, 7) is 0.987. The number of aromatic nitrogens is 2. The number of nitrogens with one attached hydrogen (secondary N) is 1. The van der Waals surface area contributed by atoms with Crippen LogP contribution in [0, 0.1) is 0 Å². The molecule has 27 heavy (non-hydrogen) atoms. The van der Waals surface area contributed by atoms with Crippen molar-refractivity contribution in [2.45, 2.75) is 0 Å².